The molecule has 1 N–H and O–H groups in total. The van der Waals surface area contributed by atoms with Gasteiger partial charge in [-0.15, -0.1) is 0 Å². The van der Waals surface area contributed by atoms with Gasteiger partial charge < -0.3 is 5.32 Å². The molecule has 0 aromatic heterocycles. The zero-order valence-corrected chi connectivity index (χ0v) is 10.8. The quantitative estimate of drug-likeness (QED) is 0.777. The first-order valence-electron chi connectivity index (χ1n) is 6.05. The lowest BCUT2D eigenvalue weighted by Crippen LogP contribution is -2.21. The Morgan fingerprint density at radius 3 is 2.15 bits per heavy atom. The van der Waals surface area contributed by atoms with Crippen molar-refractivity contribution in [2.45, 2.75) is 37.7 Å². The third-order valence-corrected chi connectivity index (χ3v) is 2.94. The van der Waals surface area contributed by atoms with Gasteiger partial charge in [0, 0.05) is 12.5 Å². The Balaban J connectivity index is 2.85. The van der Waals surface area contributed by atoms with Gasteiger partial charge in [-0.3, -0.25) is 0 Å². The van der Waals surface area contributed by atoms with Crippen LogP contribution in [-0.2, 0) is 6.18 Å². The third kappa shape index (κ3) is 5.03. The highest BCUT2D eigenvalue weighted by Gasteiger charge is 2.35. The van der Waals surface area contributed by atoms with E-state index in [0.29, 0.717) is 0 Å². The molecule has 114 valence electrons. The first kappa shape index (κ1) is 16.8. The van der Waals surface area contributed by atoms with Crippen LogP contribution in [-0.4, -0.2) is 13.2 Å². The molecule has 0 spiro atoms. The highest BCUT2D eigenvalue weighted by atomic mass is 19.4. The van der Waals surface area contributed by atoms with E-state index in [1.54, 1.807) is 0 Å². The van der Waals surface area contributed by atoms with Crippen LogP contribution in [0.3, 0.4) is 0 Å². The predicted octanol–water partition coefficient (Wildman–Crippen LogP) is 4.70. The minimum atomic E-state index is -4.52. The number of halogens is 6. The molecular formula is C13H15F6N. The molecule has 7 heteroatoms. The molecule has 0 radical (unpaired) electrons. The fraction of sp³-hybridized carbons (Fsp3) is 0.538. The van der Waals surface area contributed by atoms with Gasteiger partial charge in [-0.05, 0) is 31.5 Å². The lowest BCUT2D eigenvalue weighted by atomic mass is 9.96. The molecule has 1 aromatic carbocycles. The Hall–Kier alpha value is -1.24. The molecule has 1 atom stereocenters. The molecule has 0 aliphatic carbocycles. The summed E-state index contributed by atoms with van der Waals surface area (Å²) in [5, 5.41) is 2.65. The van der Waals surface area contributed by atoms with Crippen molar-refractivity contribution in [3.8, 4) is 0 Å². The summed E-state index contributed by atoms with van der Waals surface area (Å²) >= 11 is 0. The first-order valence-corrected chi connectivity index (χ1v) is 6.05. The number of hydrogen-bond acceptors (Lipinski definition) is 1. The Labute approximate surface area is 113 Å². The van der Waals surface area contributed by atoms with Crippen LogP contribution in [0.15, 0.2) is 24.3 Å². The maximum absolute atomic E-state index is 12.8. The molecule has 1 rings (SSSR count). The molecule has 1 unspecified atom stereocenters. The van der Waals surface area contributed by atoms with Crippen molar-refractivity contribution in [2.24, 2.45) is 0 Å². The summed E-state index contributed by atoms with van der Waals surface area (Å²) in [5.41, 5.74) is -0.837. The van der Waals surface area contributed by atoms with Crippen LogP contribution < -0.4 is 5.32 Å². The van der Waals surface area contributed by atoms with Crippen LogP contribution in [0.1, 0.15) is 36.4 Å². The summed E-state index contributed by atoms with van der Waals surface area (Å²) in [6.45, 7) is 0. The van der Waals surface area contributed by atoms with E-state index in [1.165, 1.54) is 25.2 Å². The van der Waals surface area contributed by atoms with Crippen molar-refractivity contribution in [2.75, 3.05) is 7.05 Å². The van der Waals surface area contributed by atoms with E-state index in [4.69, 9.17) is 0 Å². The van der Waals surface area contributed by atoms with E-state index in [0.717, 1.165) is 6.07 Å². The maximum atomic E-state index is 12.8. The van der Waals surface area contributed by atoms with Gasteiger partial charge in [0.1, 0.15) is 0 Å². The molecule has 0 fully saturated rings. The monoisotopic (exact) mass is 299 g/mol. The highest BCUT2D eigenvalue weighted by molar-refractivity contribution is 5.32. The van der Waals surface area contributed by atoms with Crippen molar-refractivity contribution in [3.05, 3.63) is 35.4 Å². The SMILES string of the molecule is CNC(CCCC(F)(F)F)c1ccccc1C(F)(F)F. The average Bonchev–Trinajstić information content (AvgIpc) is 2.32. The molecule has 0 bridgehead atoms. The van der Waals surface area contributed by atoms with Crippen LogP contribution in [0.5, 0.6) is 0 Å². The van der Waals surface area contributed by atoms with E-state index in [9.17, 15) is 26.3 Å². The molecule has 0 saturated carbocycles. The minimum Gasteiger partial charge on any atom is -0.313 e. The molecule has 20 heavy (non-hydrogen) atoms. The van der Waals surface area contributed by atoms with Crippen LogP contribution >= 0.6 is 0 Å². The van der Waals surface area contributed by atoms with Crippen molar-refractivity contribution >= 4 is 0 Å². The Kier molecular flexibility index (Phi) is 5.44. The Bertz CT molecular complexity index is 424. The van der Waals surface area contributed by atoms with Gasteiger partial charge in [0.15, 0.2) is 0 Å². The molecule has 0 amide bonds. The third-order valence-electron chi connectivity index (χ3n) is 2.94. The lowest BCUT2D eigenvalue weighted by molar-refractivity contribution is -0.139. The smallest absolute Gasteiger partial charge is 0.313 e. The van der Waals surface area contributed by atoms with E-state index < -0.39 is 30.4 Å². The lowest BCUT2D eigenvalue weighted by Gasteiger charge is -2.21. The van der Waals surface area contributed by atoms with Gasteiger partial charge in [-0.1, -0.05) is 18.2 Å². The number of rotatable bonds is 5. The fourth-order valence-electron chi connectivity index (χ4n) is 2.02. The normalized spacial score (nSPS) is 14.3. The Morgan fingerprint density at radius 1 is 1.05 bits per heavy atom. The summed E-state index contributed by atoms with van der Waals surface area (Å²) in [6, 6.07) is 4.17. The summed E-state index contributed by atoms with van der Waals surface area (Å²) in [7, 11) is 1.44. The van der Waals surface area contributed by atoms with E-state index in [2.05, 4.69) is 5.32 Å². The maximum Gasteiger partial charge on any atom is 0.416 e. The van der Waals surface area contributed by atoms with Gasteiger partial charge in [0.25, 0.3) is 0 Å². The van der Waals surface area contributed by atoms with Crippen molar-refractivity contribution in [1.29, 1.82) is 0 Å². The van der Waals surface area contributed by atoms with E-state index >= 15 is 0 Å². The number of alkyl halides is 6. The minimum absolute atomic E-state index is 0.0108. The second-order valence-electron chi connectivity index (χ2n) is 4.43. The largest absolute Gasteiger partial charge is 0.416 e. The number of benzene rings is 1. The number of hydrogen-bond donors (Lipinski definition) is 1. The summed E-state index contributed by atoms with van der Waals surface area (Å²) in [6.07, 6.45) is -10.0. The van der Waals surface area contributed by atoms with Crippen molar-refractivity contribution in [1.82, 2.24) is 5.32 Å². The second kappa shape index (κ2) is 6.47. The van der Waals surface area contributed by atoms with E-state index in [-0.39, 0.29) is 18.4 Å². The fourth-order valence-corrected chi connectivity index (χ4v) is 2.02. The van der Waals surface area contributed by atoms with Gasteiger partial charge in [0.2, 0.25) is 0 Å². The predicted molar refractivity (Wildman–Crippen MR) is 63.2 cm³/mol. The average molecular weight is 299 g/mol. The zero-order chi connectivity index (χ0) is 15.4. The first-order chi connectivity index (χ1) is 9.15. The number of nitrogens with one attached hydrogen (secondary N) is 1. The van der Waals surface area contributed by atoms with Gasteiger partial charge in [0.05, 0.1) is 5.56 Å². The summed E-state index contributed by atoms with van der Waals surface area (Å²) in [4.78, 5) is 0. The highest BCUT2D eigenvalue weighted by Crippen LogP contribution is 2.36. The molecule has 0 saturated heterocycles. The second-order valence-corrected chi connectivity index (χ2v) is 4.43. The summed E-state index contributed by atoms with van der Waals surface area (Å²) < 4.78 is 74.8. The molecular weight excluding hydrogens is 284 g/mol. The Morgan fingerprint density at radius 2 is 1.65 bits per heavy atom. The van der Waals surface area contributed by atoms with Gasteiger partial charge in [-0.25, -0.2) is 0 Å². The van der Waals surface area contributed by atoms with Crippen LogP contribution in [0.4, 0.5) is 26.3 Å². The molecule has 0 heterocycles. The van der Waals surface area contributed by atoms with Crippen molar-refractivity contribution < 1.29 is 26.3 Å². The van der Waals surface area contributed by atoms with Crippen molar-refractivity contribution in [3.63, 3.8) is 0 Å². The zero-order valence-electron chi connectivity index (χ0n) is 10.8. The standard InChI is InChI=1S/C13H15F6N/c1-20-11(7-4-8-12(14,15)16)9-5-2-3-6-10(9)13(17,18)19/h2-3,5-6,11,20H,4,7-8H2,1H3. The molecule has 1 aromatic rings. The van der Waals surface area contributed by atoms with Gasteiger partial charge >= 0.3 is 12.4 Å². The van der Waals surface area contributed by atoms with Crippen LogP contribution in [0.25, 0.3) is 0 Å². The van der Waals surface area contributed by atoms with Crippen LogP contribution in [0.2, 0.25) is 0 Å². The van der Waals surface area contributed by atoms with Crippen LogP contribution in [0, 0.1) is 0 Å². The summed E-state index contributed by atoms with van der Waals surface area (Å²) in [5.74, 6) is 0. The topological polar surface area (TPSA) is 12.0 Å². The molecule has 0 aliphatic rings. The van der Waals surface area contributed by atoms with E-state index in [1.807, 2.05) is 0 Å². The molecule has 1 nitrogen and oxygen atoms in total. The molecule has 0 aliphatic heterocycles. The van der Waals surface area contributed by atoms with Gasteiger partial charge in [-0.2, -0.15) is 26.3 Å².